The molecular formula is C28H39N3O3. The van der Waals surface area contributed by atoms with E-state index in [1.807, 2.05) is 62.6 Å². The first kappa shape index (κ1) is 25.6. The van der Waals surface area contributed by atoms with Crippen LogP contribution in [0.15, 0.2) is 54.6 Å². The SMILES string of the molecule is CCN(CC)C(=O)c1ccc(N(Cc2ccccc2)C2CCN(C(=O)OC(C)(C)C)CC2)cc1. The average Bonchev–Trinajstić information content (AvgIpc) is 2.83. The van der Waals surface area contributed by atoms with Gasteiger partial charge in [0.2, 0.25) is 0 Å². The molecule has 1 fully saturated rings. The first-order valence-electron chi connectivity index (χ1n) is 12.4. The normalized spacial score (nSPS) is 14.6. The van der Waals surface area contributed by atoms with E-state index < -0.39 is 5.60 Å². The maximum atomic E-state index is 12.7. The van der Waals surface area contributed by atoms with E-state index in [2.05, 4.69) is 41.3 Å². The molecule has 0 radical (unpaired) electrons. The van der Waals surface area contributed by atoms with Crippen LogP contribution in [-0.2, 0) is 11.3 Å². The van der Waals surface area contributed by atoms with Crippen molar-refractivity contribution in [2.45, 2.75) is 65.6 Å². The molecule has 0 saturated carbocycles. The second kappa shape index (κ2) is 11.4. The van der Waals surface area contributed by atoms with Crippen LogP contribution in [0.4, 0.5) is 10.5 Å². The molecule has 1 aliphatic heterocycles. The van der Waals surface area contributed by atoms with E-state index in [-0.39, 0.29) is 12.0 Å². The molecule has 0 unspecified atom stereocenters. The highest BCUT2D eigenvalue weighted by atomic mass is 16.6. The van der Waals surface area contributed by atoms with E-state index in [0.717, 1.165) is 25.1 Å². The van der Waals surface area contributed by atoms with Crippen LogP contribution in [0.25, 0.3) is 0 Å². The predicted molar refractivity (Wildman–Crippen MR) is 137 cm³/mol. The van der Waals surface area contributed by atoms with Crippen LogP contribution in [0.5, 0.6) is 0 Å². The zero-order valence-electron chi connectivity index (χ0n) is 21.3. The minimum Gasteiger partial charge on any atom is -0.444 e. The van der Waals surface area contributed by atoms with Crippen molar-refractivity contribution in [1.82, 2.24) is 9.80 Å². The lowest BCUT2D eigenvalue weighted by Crippen LogP contribution is -2.48. The van der Waals surface area contributed by atoms with E-state index in [1.54, 1.807) is 0 Å². The molecule has 0 aromatic heterocycles. The summed E-state index contributed by atoms with van der Waals surface area (Å²) in [5, 5.41) is 0. The summed E-state index contributed by atoms with van der Waals surface area (Å²) in [5.41, 5.74) is 2.56. The summed E-state index contributed by atoms with van der Waals surface area (Å²) >= 11 is 0. The number of benzene rings is 2. The molecule has 1 aliphatic rings. The fourth-order valence-corrected chi connectivity index (χ4v) is 4.39. The zero-order valence-corrected chi connectivity index (χ0v) is 21.3. The highest BCUT2D eigenvalue weighted by Gasteiger charge is 2.30. The number of rotatable bonds is 7. The lowest BCUT2D eigenvalue weighted by atomic mass is 10.0. The molecule has 34 heavy (non-hydrogen) atoms. The number of ether oxygens (including phenoxy) is 1. The Hall–Kier alpha value is -3.02. The van der Waals surface area contributed by atoms with Gasteiger partial charge in [0, 0.05) is 50.0 Å². The van der Waals surface area contributed by atoms with E-state index in [1.165, 1.54) is 5.56 Å². The van der Waals surface area contributed by atoms with Crippen molar-refractivity contribution in [3.8, 4) is 0 Å². The number of piperidine rings is 1. The summed E-state index contributed by atoms with van der Waals surface area (Å²) in [6, 6.07) is 18.7. The Labute approximate surface area is 204 Å². The molecule has 0 spiro atoms. The van der Waals surface area contributed by atoms with Crippen molar-refractivity contribution < 1.29 is 14.3 Å². The lowest BCUT2D eigenvalue weighted by molar-refractivity contribution is 0.0204. The van der Waals surface area contributed by atoms with E-state index in [4.69, 9.17) is 4.74 Å². The van der Waals surface area contributed by atoms with Gasteiger partial charge in [-0.3, -0.25) is 4.79 Å². The molecule has 1 saturated heterocycles. The molecule has 2 aromatic carbocycles. The minimum absolute atomic E-state index is 0.0665. The van der Waals surface area contributed by atoms with Crippen LogP contribution in [-0.4, -0.2) is 59.6 Å². The van der Waals surface area contributed by atoms with Gasteiger partial charge in [-0.2, -0.15) is 0 Å². The zero-order chi connectivity index (χ0) is 24.7. The molecule has 6 nitrogen and oxygen atoms in total. The minimum atomic E-state index is -0.489. The molecule has 0 bridgehead atoms. The van der Waals surface area contributed by atoms with E-state index in [0.29, 0.717) is 37.8 Å². The van der Waals surface area contributed by atoms with Crippen molar-refractivity contribution in [2.75, 3.05) is 31.1 Å². The van der Waals surface area contributed by atoms with E-state index in [9.17, 15) is 9.59 Å². The maximum absolute atomic E-state index is 12.7. The van der Waals surface area contributed by atoms with Crippen LogP contribution >= 0.6 is 0 Å². The highest BCUT2D eigenvalue weighted by molar-refractivity contribution is 5.94. The van der Waals surface area contributed by atoms with Crippen LogP contribution in [0.3, 0.4) is 0 Å². The smallest absolute Gasteiger partial charge is 0.410 e. The second-order valence-electron chi connectivity index (χ2n) is 9.84. The van der Waals surface area contributed by atoms with Crippen molar-refractivity contribution in [2.24, 2.45) is 0 Å². The monoisotopic (exact) mass is 465 g/mol. The van der Waals surface area contributed by atoms with Gasteiger partial charge in [-0.1, -0.05) is 30.3 Å². The number of carbonyl (C=O) groups is 2. The number of amides is 2. The first-order valence-corrected chi connectivity index (χ1v) is 12.4. The first-order chi connectivity index (χ1) is 16.2. The van der Waals surface area contributed by atoms with Gasteiger partial charge in [0.1, 0.15) is 5.60 Å². The number of likely N-dealkylation sites (tertiary alicyclic amines) is 1. The highest BCUT2D eigenvalue weighted by Crippen LogP contribution is 2.27. The number of anilines is 1. The van der Waals surface area contributed by atoms with Crippen LogP contribution in [0.2, 0.25) is 0 Å². The molecule has 2 amide bonds. The van der Waals surface area contributed by atoms with Gasteiger partial charge in [-0.25, -0.2) is 4.79 Å². The summed E-state index contributed by atoms with van der Waals surface area (Å²) in [5.74, 6) is 0.0665. The second-order valence-corrected chi connectivity index (χ2v) is 9.84. The number of carbonyl (C=O) groups excluding carboxylic acids is 2. The Morgan fingerprint density at radius 3 is 2.06 bits per heavy atom. The molecule has 3 rings (SSSR count). The Morgan fingerprint density at radius 2 is 1.53 bits per heavy atom. The van der Waals surface area contributed by atoms with Gasteiger partial charge in [-0.05, 0) is 77.3 Å². The van der Waals surface area contributed by atoms with Gasteiger partial charge in [0.15, 0.2) is 0 Å². The van der Waals surface area contributed by atoms with Crippen molar-refractivity contribution in [1.29, 1.82) is 0 Å². The van der Waals surface area contributed by atoms with Gasteiger partial charge in [0.25, 0.3) is 5.91 Å². The third kappa shape index (κ3) is 6.75. The Kier molecular flexibility index (Phi) is 8.59. The fraction of sp³-hybridized carbons (Fsp3) is 0.500. The number of nitrogens with zero attached hydrogens (tertiary/aromatic N) is 3. The lowest BCUT2D eigenvalue weighted by Gasteiger charge is -2.40. The van der Waals surface area contributed by atoms with E-state index >= 15 is 0 Å². The predicted octanol–water partition coefficient (Wildman–Crippen LogP) is 5.57. The van der Waals surface area contributed by atoms with Gasteiger partial charge < -0.3 is 19.4 Å². The molecular weight excluding hydrogens is 426 g/mol. The van der Waals surface area contributed by atoms with Gasteiger partial charge in [0.05, 0.1) is 0 Å². The number of hydrogen-bond acceptors (Lipinski definition) is 4. The Balaban J connectivity index is 1.76. The summed E-state index contributed by atoms with van der Waals surface area (Å²) in [6.07, 6.45) is 1.50. The van der Waals surface area contributed by atoms with Crippen LogP contribution in [0, 0.1) is 0 Å². The molecule has 184 valence electrons. The topological polar surface area (TPSA) is 53.1 Å². The van der Waals surface area contributed by atoms with Crippen molar-refractivity contribution >= 4 is 17.7 Å². The number of hydrogen-bond donors (Lipinski definition) is 0. The Bertz CT molecular complexity index is 926. The average molecular weight is 466 g/mol. The van der Waals surface area contributed by atoms with Gasteiger partial charge >= 0.3 is 6.09 Å². The quantitative estimate of drug-likeness (QED) is 0.536. The summed E-state index contributed by atoms with van der Waals surface area (Å²) in [4.78, 5) is 31.3. The fourth-order valence-electron chi connectivity index (χ4n) is 4.39. The molecule has 0 aliphatic carbocycles. The summed E-state index contributed by atoms with van der Waals surface area (Å²) in [6.45, 7) is 13.2. The van der Waals surface area contributed by atoms with Gasteiger partial charge in [-0.15, -0.1) is 0 Å². The Morgan fingerprint density at radius 1 is 0.941 bits per heavy atom. The third-order valence-corrected chi connectivity index (χ3v) is 6.25. The molecule has 6 heteroatoms. The molecule has 0 N–H and O–H groups in total. The standard InChI is InChI=1S/C28H39N3O3/c1-6-29(7-2)26(32)23-13-15-24(16-14-23)31(21-22-11-9-8-10-12-22)25-17-19-30(20-18-25)27(33)34-28(3,4)5/h8-16,25H,6-7,17-21H2,1-5H3. The van der Waals surface area contributed by atoms with Crippen LogP contribution in [0.1, 0.15) is 63.4 Å². The third-order valence-electron chi connectivity index (χ3n) is 6.25. The van der Waals surface area contributed by atoms with Crippen molar-refractivity contribution in [3.05, 3.63) is 65.7 Å². The summed E-state index contributed by atoms with van der Waals surface area (Å²) < 4.78 is 5.56. The molecule has 1 heterocycles. The van der Waals surface area contributed by atoms with Crippen LogP contribution < -0.4 is 4.90 Å². The summed E-state index contributed by atoms with van der Waals surface area (Å²) in [7, 11) is 0. The molecule has 0 atom stereocenters. The largest absolute Gasteiger partial charge is 0.444 e. The molecule has 2 aromatic rings. The van der Waals surface area contributed by atoms with Crippen molar-refractivity contribution in [3.63, 3.8) is 0 Å². The maximum Gasteiger partial charge on any atom is 0.410 e.